The number of hydrogen-bond donors (Lipinski definition) is 1. The molecule has 3 aromatic heterocycles. The van der Waals surface area contributed by atoms with E-state index in [0.717, 1.165) is 11.4 Å². The molecule has 0 saturated heterocycles. The second-order valence-electron chi connectivity index (χ2n) is 8.05. The Morgan fingerprint density at radius 1 is 1.11 bits per heavy atom. The summed E-state index contributed by atoms with van der Waals surface area (Å²) >= 11 is 0. The molecule has 0 saturated carbocycles. The number of phenolic OH excluding ortho intramolecular Hbond substituents is 1. The van der Waals surface area contributed by atoms with Crippen molar-refractivity contribution < 1.29 is 5.11 Å². The van der Waals surface area contributed by atoms with Crippen LogP contribution < -0.4 is 5.56 Å². The van der Waals surface area contributed by atoms with Crippen LogP contribution in [0.2, 0.25) is 0 Å². The fourth-order valence-electron chi connectivity index (χ4n) is 3.58. The molecule has 0 amide bonds. The molecular weight excluding hydrogens is 356 g/mol. The van der Waals surface area contributed by atoms with Gasteiger partial charge in [-0.2, -0.15) is 9.50 Å². The minimum atomic E-state index is -0.209. The van der Waals surface area contributed by atoms with Gasteiger partial charge in [-0.25, -0.2) is 4.98 Å². The molecule has 8 heteroatoms. The first-order valence-corrected chi connectivity index (χ1v) is 9.34. The van der Waals surface area contributed by atoms with Crippen LogP contribution in [0.15, 0.2) is 29.1 Å². The second kappa shape index (κ2) is 6.19. The average Bonchev–Trinajstić information content (AvgIpc) is 3.18. The van der Waals surface area contributed by atoms with Crippen molar-refractivity contribution in [3.8, 4) is 5.75 Å². The zero-order valence-corrected chi connectivity index (χ0v) is 16.8. The summed E-state index contributed by atoms with van der Waals surface area (Å²) in [7, 11) is 1.87. The van der Waals surface area contributed by atoms with Gasteiger partial charge in [0.2, 0.25) is 5.78 Å². The Morgan fingerprint density at radius 2 is 1.79 bits per heavy atom. The van der Waals surface area contributed by atoms with Gasteiger partial charge in [0.15, 0.2) is 17.0 Å². The summed E-state index contributed by atoms with van der Waals surface area (Å²) in [6.07, 6.45) is 0.500. The molecule has 0 bridgehead atoms. The summed E-state index contributed by atoms with van der Waals surface area (Å²) in [5, 5.41) is 14.1. The Kier molecular flexibility index (Phi) is 4.02. The second-order valence-corrected chi connectivity index (χ2v) is 8.05. The van der Waals surface area contributed by atoms with Crippen molar-refractivity contribution in [2.24, 2.45) is 7.05 Å². The summed E-state index contributed by atoms with van der Waals surface area (Å²) in [5.74, 6) is 2.14. The summed E-state index contributed by atoms with van der Waals surface area (Å²) < 4.78 is 5.17. The lowest BCUT2D eigenvalue weighted by molar-refractivity contribution is 0.475. The lowest BCUT2D eigenvalue weighted by atomic mass is 9.96. The van der Waals surface area contributed by atoms with Crippen LogP contribution in [0.4, 0.5) is 0 Å². The van der Waals surface area contributed by atoms with Crippen LogP contribution in [-0.4, -0.2) is 33.8 Å². The molecule has 4 aromatic rings. The molecule has 0 atom stereocenters. The van der Waals surface area contributed by atoms with Crippen LogP contribution in [0.25, 0.3) is 16.9 Å². The molecule has 0 aliphatic carbocycles. The number of aryl methyl sites for hydroxylation is 2. The van der Waals surface area contributed by atoms with Crippen LogP contribution >= 0.6 is 0 Å². The largest absolute Gasteiger partial charge is 0.508 e. The van der Waals surface area contributed by atoms with Crippen molar-refractivity contribution in [3.63, 3.8) is 0 Å². The molecule has 0 aliphatic heterocycles. The van der Waals surface area contributed by atoms with Crippen molar-refractivity contribution in [3.05, 3.63) is 51.8 Å². The first kappa shape index (κ1) is 18.2. The Morgan fingerprint density at radius 3 is 2.39 bits per heavy atom. The Hall–Kier alpha value is -3.16. The van der Waals surface area contributed by atoms with Crippen LogP contribution in [0.3, 0.4) is 0 Å². The van der Waals surface area contributed by atoms with E-state index in [9.17, 15) is 9.90 Å². The number of fused-ring (bicyclic) bond motifs is 3. The number of nitrogens with zero attached hydrogens (tertiary/aromatic N) is 6. The van der Waals surface area contributed by atoms with E-state index in [1.54, 1.807) is 21.2 Å². The van der Waals surface area contributed by atoms with Crippen LogP contribution in [0.1, 0.15) is 44.9 Å². The third-order valence-corrected chi connectivity index (χ3v) is 4.89. The van der Waals surface area contributed by atoms with Crippen LogP contribution in [-0.2, 0) is 25.4 Å². The van der Waals surface area contributed by atoms with E-state index in [2.05, 4.69) is 30.9 Å². The summed E-state index contributed by atoms with van der Waals surface area (Å²) in [6, 6.07) is 6.95. The van der Waals surface area contributed by atoms with Gasteiger partial charge in [-0.15, -0.1) is 5.10 Å². The molecule has 0 radical (unpaired) electrons. The van der Waals surface area contributed by atoms with E-state index in [0.29, 0.717) is 35.7 Å². The third-order valence-electron chi connectivity index (χ3n) is 4.89. The summed E-state index contributed by atoms with van der Waals surface area (Å²) in [6.45, 7) is 8.62. The average molecular weight is 380 g/mol. The molecule has 0 fully saturated rings. The van der Waals surface area contributed by atoms with Gasteiger partial charge in [-0.3, -0.25) is 9.36 Å². The quantitative estimate of drug-likeness (QED) is 0.589. The number of aromatic nitrogens is 6. The van der Waals surface area contributed by atoms with Crippen LogP contribution in [0.5, 0.6) is 5.75 Å². The fraction of sp³-hybridized carbons (Fsp3) is 0.400. The van der Waals surface area contributed by atoms with E-state index in [1.807, 2.05) is 30.7 Å². The Labute approximate surface area is 162 Å². The topological polar surface area (TPSA) is 90.2 Å². The number of phenols is 1. The molecule has 28 heavy (non-hydrogen) atoms. The Bertz CT molecular complexity index is 1240. The highest BCUT2D eigenvalue weighted by Gasteiger charge is 2.26. The molecule has 0 aliphatic rings. The highest BCUT2D eigenvalue weighted by Crippen LogP contribution is 2.24. The van der Waals surface area contributed by atoms with Gasteiger partial charge in [0.25, 0.3) is 5.56 Å². The summed E-state index contributed by atoms with van der Waals surface area (Å²) in [4.78, 5) is 22.5. The van der Waals surface area contributed by atoms with Crippen LogP contribution in [0, 0.1) is 0 Å². The van der Waals surface area contributed by atoms with E-state index < -0.39 is 0 Å². The van der Waals surface area contributed by atoms with Gasteiger partial charge >= 0.3 is 0 Å². The van der Waals surface area contributed by atoms with Gasteiger partial charge in [0.1, 0.15) is 11.6 Å². The first-order valence-electron chi connectivity index (χ1n) is 9.34. The third kappa shape index (κ3) is 2.76. The summed E-state index contributed by atoms with van der Waals surface area (Å²) in [5.41, 5.74) is 1.71. The van der Waals surface area contributed by atoms with Crippen molar-refractivity contribution in [2.45, 2.75) is 46.1 Å². The number of hydrogen-bond acceptors (Lipinski definition) is 5. The lowest BCUT2D eigenvalue weighted by Gasteiger charge is -2.17. The van der Waals surface area contributed by atoms with E-state index in [-0.39, 0.29) is 16.7 Å². The minimum Gasteiger partial charge on any atom is -0.508 e. The van der Waals surface area contributed by atoms with E-state index >= 15 is 0 Å². The maximum Gasteiger partial charge on any atom is 0.281 e. The molecule has 3 heterocycles. The van der Waals surface area contributed by atoms with Crippen molar-refractivity contribution in [2.75, 3.05) is 0 Å². The molecule has 8 nitrogen and oxygen atoms in total. The van der Waals surface area contributed by atoms with Crippen molar-refractivity contribution in [1.82, 2.24) is 28.7 Å². The molecule has 146 valence electrons. The van der Waals surface area contributed by atoms with Gasteiger partial charge in [0.05, 0.1) is 0 Å². The number of rotatable bonds is 3. The van der Waals surface area contributed by atoms with E-state index in [4.69, 9.17) is 4.98 Å². The smallest absolute Gasteiger partial charge is 0.281 e. The number of benzene rings is 1. The van der Waals surface area contributed by atoms with Gasteiger partial charge < -0.3 is 9.67 Å². The maximum atomic E-state index is 13.1. The van der Waals surface area contributed by atoms with Gasteiger partial charge in [0, 0.05) is 25.4 Å². The Balaban J connectivity index is 1.97. The highest BCUT2D eigenvalue weighted by molar-refractivity contribution is 5.73. The maximum absolute atomic E-state index is 13.1. The highest BCUT2D eigenvalue weighted by atomic mass is 16.3. The molecule has 1 aromatic carbocycles. The predicted octanol–water partition coefficient (Wildman–Crippen LogP) is 2.39. The van der Waals surface area contributed by atoms with Gasteiger partial charge in [-0.1, -0.05) is 32.9 Å². The first-order chi connectivity index (χ1) is 13.2. The van der Waals surface area contributed by atoms with Gasteiger partial charge in [-0.05, 0) is 24.6 Å². The molecular formula is C20H24N6O2. The predicted molar refractivity (Wildman–Crippen MR) is 107 cm³/mol. The van der Waals surface area contributed by atoms with Crippen molar-refractivity contribution in [1.29, 1.82) is 0 Å². The minimum absolute atomic E-state index is 0.112. The molecule has 0 spiro atoms. The standard InChI is InChI=1S/C20H24N6O2/c1-6-25-17(28)15-16(22-18(24(15)5)20(2,3)4)26-19(25)21-14(23-26)11-12-7-9-13(27)10-8-12/h7-10,27H,6,11H2,1-5H3. The fourth-order valence-corrected chi connectivity index (χ4v) is 3.58. The zero-order chi connectivity index (χ0) is 20.2. The SMILES string of the molecule is CCn1c(=O)c2c(nc(C(C)(C)C)n2C)n2nc(Cc3ccc(O)cc3)nc12. The van der Waals surface area contributed by atoms with E-state index in [1.165, 1.54) is 0 Å². The number of imidazole rings is 1. The molecule has 4 rings (SSSR count). The monoisotopic (exact) mass is 380 g/mol. The van der Waals surface area contributed by atoms with Crippen molar-refractivity contribution >= 4 is 16.9 Å². The lowest BCUT2D eigenvalue weighted by Crippen LogP contribution is -2.24. The zero-order valence-electron chi connectivity index (χ0n) is 16.8. The number of aromatic hydroxyl groups is 1. The molecule has 1 N–H and O–H groups in total. The molecule has 0 unspecified atom stereocenters. The normalized spacial score (nSPS) is 12.3.